The lowest BCUT2D eigenvalue weighted by Gasteiger charge is -2.07. The van der Waals surface area contributed by atoms with Crippen molar-refractivity contribution in [1.82, 2.24) is 0 Å². The molecule has 0 saturated carbocycles. The molecule has 1 aromatic carbocycles. The van der Waals surface area contributed by atoms with Crippen LogP contribution in [-0.2, 0) is 24.3 Å². The van der Waals surface area contributed by atoms with Gasteiger partial charge in [-0.15, -0.1) is 0 Å². The van der Waals surface area contributed by atoms with Crippen LogP contribution in [0.3, 0.4) is 0 Å². The second-order valence-electron chi connectivity index (χ2n) is 3.97. The standard InChI is InChI=1S/C12H17NO/c13-14-9-10-6-7-11-4-2-1-3-5-12(11)8-10/h6-8H,1-5,9,13H2. The maximum absolute atomic E-state index is 5.07. The lowest BCUT2D eigenvalue weighted by molar-refractivity contribution is 0.124. The summed E-state index contributed by atoms with van der Waals surface area (Å²) in [6, 6.07) is 6.60. The zero-order valence-electron chi connectivity index (χ0n) is 8.46. The summed E-state index contributed by atoms with van der Waals surface area (Å²) in [7, 11) is 0. The Balaban J connectivity index is 2.23. The molecule has 0 unspecified atom stereocenters. The summed E-state index contributed by atoms with van der Waals surface area (Å²) < 4.78 is 0. The number of fused-ring (bicyclic) bond motifs is 1. The normalized spacial score (nSPS) is 16.1. The van der Waals surface area contributed by atoms with E-state index in [1.54, 1.807) is 0 Å². The Kier molecular flexibility index (Phi) is 3.17. The van der Waals surface area contributed by atoms with Crippen molar-refractivity contribution in [3.05, 3.63) is 34.9 Å². The lowest BCUT2D eigenvalue weighted by Crippen LogP contribution is -2.00. The maximum atomic E-state index is 5.07. The van der Waals surface area contributed by atoms with Gasteiger partial charge in [0.05, 0.1) is 6.61 Å². The minimum atomic E-state index is 0.521. The number of hydrogen-bond donors (Lipinski definition) is 1. The van der Waals surface area contributed by atoms with Gasteiger partial charge in [-0.05, 0) is 42.4 Å². The molecule has 14 heavy (non-hydrogen) atoms. The SMILES string of the molecule is NOCc1ccc2c(c1)CCCCC2. The van der Waals surface area contributed by atoms with Crippen molar-refractivity contribution >= 4 is 0 Å². The number of aryl methyl sites for hydroxylation is 2. The van der Waals surface area contributed by atoms with Crippen LogP contribution in [0.25, 0.3) is 0 Å². The van der Waals surface area contributed by atoms with Crippen molar-refractivity contribution in [3.8, 4) is 0 Å². The van der Waals surface area contributed by atoms with Gasteiger partial charge in [-0.2, -0.15) is 0 Å². The average molecular weight is 191 g/mol. The fourth-order valence-electron chi connectivity index (χ4n) is 2.15. The largest absolute Gasteiger partial charge is 0.300 e. The molecular weight excluding hydrogens is 174 g/mol. The van der Waals surface area contributed by atoms with E-state index in [0.29, 0.717) is 6.61 Å². The predicted molar refractivity (Wildman–Crippen MR) is 56.7 cm³/mol. The minimum absolute atomic E-state index is 0.521. The average Bonchev–Trinajstić information content (AvgIpc) is 2.42. The Morgan fingerprint density at radius 2 is 1.86 bits per heavy atom. The first-order chi connectivity index (χ1) is 6.90. The summed E-state index contributed by atoms with van der Waals surface area (Å²) in [5.41, 5.74) is 4.20. The molecule has 2 nitrogen and oxygen atoms in total. The molecule has 0 atom stereocenters. The third-order valence-electron chi connectivity index (χ3n) is 2.91. The Bertz CT molecular complexity index is 309. The molecule has 2 heteroatoms. The van der Waals surface area contributed by atoms with Crippen molar-refractivity contribution in [1.29, 1.82) is 0 Å². The molecule has 76 valence electrons. The first-order valence-corrected chi connectivity index (χ1v) is 5.32. The Morgan fingerprint density at radius 3 is 2.64 bits per heavy atom. The summed E-state index contributed by atoms with van der Waals surface area (Å²) in [4.78, 5) is 4.65. The van der Waals surface area contributed by atoms with Crippen molar-refractivity contribution in [2.24, 2.45) is 5.90 Å². The smallest absolute Gasteiger partial charge is 0.0930 e. The Labute approximate surface area is 85.0 Å². The van der Waals surface area contributed by atoms with Gasteiger partial charge in [-0.25, -0.2) is 5.90 Å². The van der Waals surface area contributed by atoms with Crippen molar-refractivity contribution < 1.29 is 4.84 Å². The van der Waals surface area contributed by atoms with Gasteiger partial charge < -0.3 is 0 Å². The van der Waals surface area contributed by atoms with Crippen LogP contribution in [-0.4, -0.2) is 0 Å². The quantitative estimate of drug-likeness (QED) is 0.575. The van der Waals surface area contributed by atoms with E-state index in [-0.39, 0.29) is 0 Å². The fraction of sp³-hybridized carbons (Fsp3) is 0.500. The van der Waals surface area contributed by atoms with Gasteiger partial charge in [0.2, 0.25) is 0 Å². The topological polar surface area (TPSA) is 35.2 Å². The van der Waals surface area contributed by atoms with Crippen LogP contribution in [0.4, 0.5) is 0 Å². The van der Waals surface area contributed by atoms with E-state index in [0.717, 1.165) is 0 Å². The van der Waals surface area contributed by atoms with E-state index in [1.807, 2.05) is 0 Å². The Hall–Kier alpha value is -0.860. The van der Waals surface area contributed by atoms with E-state index in [9.17, 15) is 0 Å². The highest BCUT2D eigenvalue weighted by Gasteiger charge is 2.07. The molecule has 0 saturated heterocycles. The highest BCUT2D eigenvalue weighted by atomic mass is 16.6. The first-order valence-electron chi connectivity index (χ1n) is 5.32. The van der Waals surface area contributed by atoms with Gasteiger partial charge >= 0.3 is 0 Å². The van der Waals surface area contributed by atoms with Crippen LogP contribution >= 0.6 is 0 Å². The van der Waals surface area contributed by atoms with Crippen molar-refractivity contribution in [2.45, 2.75) is 38.7 Å². The maximum Gasteiger partial charge on any atom is 0.0930 e. The number of benzene rings is 1. The van der Waals surface area contributed by atoms with Gasteiger partial charge in [0.15, 0.2) is 0 Å². The second kappa shape index (κ2) is 4.58. The van der Waals surface area contributed by atoms with Crippen LogP contribution in [0.2, 0.25) is 0 Å². The summed E-state index contributed by atoms with van der Waals surface area (Å²) in [6.07, 6.45) is 6.46. The second-order valence-corrected chi connectivity index (χ2v) is 3.97. The third kappa shape index (κ3) is 2.14. The molecule has 2 rings (SSSR count). The molecule has 0 heterocycles. The van der Waals surface area contributed by atoms with E-state index in [2.05, 4.69) is 23.0 Å². The molecule has 2 N–H and O–H groups in total. The molecule has 0 radical (unpaired) electrons. The van der Waals surface area contributed by atoms with Crippen LogP contribution in [0.15, 0.2) is 18.2 Å². The highest BCUT2D eigenvalue weighted by molar-refractivity contribution is 5.32. The third-order valence-corrected chi connectivity index (χ3v) is 2.91. The molecule has 1 aliphatic carbocycles. The highest BCUT2D eigenvalue weighted by Crippen LogP contribution is 2.21. The van der Waals surface area contributed by atoms with Crippen LogP contribution in [0.5, 0.6) is 0 Å². The molecule has 0 fully saturated rings. The molecule has 0 amide bonds. The molecule has 0 bridgehead atoms. The molecule has 0 spiro atoms. The lowest BCUT2D eigenvalue weighted by atomic mass is 10.0. The molecule has 0 aliphatic heterocycles. The predicted octanol–water partition coefficient (Wildman–Crippen LogP) is 2.35. The summed E-state index contributed by atoms with van der Waals surface area (Å²) in [6.45, 7) is 0.521. The monoisotopic (exact) mass is 191 g/mol. The van der Waals surface area contributed by atoms with Crippen molar-refractivity contribution in [3.63, 3.8) is 0 Å². The number of hydrogen-bond acceptors (Lipinski definition) is 2. The van der Waals surface area contributed by atoms with E-state index in [1.165, 1.54) is 48.8 Å². The van der Waals surface area contributed by atoms with Gasteiger partial charge in [-0.3, -0.25) is 4.84 Å². The fourth-order valence-corrected chi connectivity index (χ4v) is 2.15. The van der Waals surface area contributed by atoms with Gasteiger partial charge in [0.25, 0.3) is 0 Å². The van der Waals surface area contributed by atoms with E-state index < -0.39 is 0 Å². The number of nitrogens with two attached hydrogens (primary N) is 1. The zero-order chi connectivity index (χ0) is 9.80. The number of rotatable bonds is 2. The minimum Gasteiger partial charge on any atom is -0.300 e. The van der Waals surface area contributed by atoms with Gasteiger partial charge in [0, 0.05) is 0 Å². The molecule has 1 aromatic rings. The Morgan fingerprint density at radius 1 is 1.07 bits per heavy atom. The van der Waals surface area contributed by atoms with Gasteiger partial charge in [-0.1, -0.05) is 24.6 Å². The molecular formula is C12H17NO. The molecule has 1 aliphatic rings. The summed E-state index contributed by atoms with van der Waals surface area (Å²) in [5.74, 6) is 5.07. The zero-order valence-corrected chi connectivity index (χ0v) is 8.46. The van der Waals surface area contributed by atoms with E-state index >= 15 is 0 Å². The van der Waals surface area contributed by atoms with Crippen LogP contribution in [0.1, 0.15) is 36.0 Å². The molecule has 0 aromatic heterocycles. The first kappa shape index (κ1) is 9.69. The summed E-state index contributed by atoms with van der Waals surface area (Å²) in [5, 5.41) is 0. The van der Waals surface area contributed by atoms with Crippen molar-refractivity contribution in [2.75, 3.05) is 0 Å². The summed E-state index contributed by atoms with van der Waals surface area (Å²) >= 11 is 0. The van der Waals surface area contributed by atoms with Crippen LogP contribution < -0.4 is 5.90 Å². The van der Waals surface area contributed by atoms with E-state index in [4.69, 9.17) is 5.90 Å². The van der Waals surface area contributed by atoms with Gasteiger partial charge in [0.1, 0.15) is 0 Å². The van der Waals surface area contributed by atoms with Crippen LogP contribution in [0, 0.1) is 0 Å².